The molecule has 0 saturated heterocycles. The summed E-state index contributed by atoms with van der Waals surface area (Å²) in [6.45, 7) is 8.04. The van der Waals surface area contributed by atoms with Crippen LogP contribution >= 0.6 is 0 Å². The van der Waals surface area contributed by atoms with Gasteiger partial charge in [-0.2, -0.15) is 4.31 Å². The lowest BCUT2D eigenvalue weighted by molar-refractivity contribution is -0.123. The normalized spacial score (nSPS) is 11.5. The number of sulfonamides is 1. The zero-order valence-electron chi connectivity index (χ0n) is 15.2. The quantitative estimate of drug-likeness (QED) is 0.564. The average molecular weight is 372 g/mol. The lowest BCUT2D eigenvalue weighted by Crippen LogP contribution is -2.30. The van der Waals surface area contributed by atoms with Gasteiger partial charge in [0.05, 0.1) is 4.90 Å². The van der Waals surface area contributed by atoms with Crippen molar-refractivity contribution in [3.05, 3.63) is 24.3 Å². The standard InChI is InChI=1S/C17H28N2O5S/c1-4-19(5-2)25(21,22)16-10-8-15(9-11-16)24-14-17(20)18-12-7-13-23-6-3/h8-11H,4-7,12-14H2,1-3H3,(H,18,20). The molecular formula is C17H28N2O5S. The summed E-state index contributed by atoms with van der Waals surface area (Å²) in [4.78, 5) is 11.9. The zero-order chi connectivity index (χ0) is 18.7. The highest BCUT2D eigenvalue weighted by Gasteiger charge is 2.21. The molecular weight excluding hydrogens is 344 g/mol. The fraction of sp³-hybridized carbons (Fsp3) is 0.588. The van der Waals surface area contributed by atoms with E-state index in [1.807, 2.05) is 6.92 Å². The maximum atomic E-state index is 12.4. The SMILES string of the molecule is CCOCCCNC(=O)COc1ccc(S(=O)(=O)N(CC)CC)cc1. The third-order valence-electron chi connectivity index (χ3n) is 3.53. The highest BCUT2D eigenvalue weighted by Crippen LogP contribution is 2.19. The van der Waals surface area contributed by atoms with Crippen molar-refractivity contribution in [2.45, 2.75) is 32.1 Å². The Morgan fingerprint density at radius 2 is 1.76 bits per heavy atom. The summed E-state index contributed by atoms with van der Waals surface area (Å²) in [5, 5.41) is 2.73. The van der Waals surface area contributed by atoms with Gasteiger partial charge in [-0.3, -0.25) is 4.79 Å². The van der Waals surface area contributed by atoms with Crippen molar-refractivity contribution in [3.63, 3.8) is 0 Å². The summed E-state index contributed by atoms with van der Waals surface area (Å²) in [5.41, 5.74) is 0. The summed E-state index contributed by atoms with van der Waals surface area (Å²) in [5.74, 6) is 0.222. The number of benzene rings is 1. The van der Waals surface area contributed by atoms with E-state index in [0.717, 1.165) is 6.42 Å². The molecule has 1 aromatic rings. The maximum Gasteiger partial charge on any atom is 0.257 e. The molecule has 0 aliphatic rings. The summed E-state index contributed by atoms with van der Waals surface area (Å²) in [6.07, 6.45) is 0.748. The van der Waals surface area contributed by atoms with E-state index in [9.17, 15) is 13.2 Å². The molecule has 0 aliphatic carbocycles. The van der Waals surface area contributed by atoms with Crippen LogP contribution in [-0.4, -0.2) is 58.1 Å². The van der Waals surface area contributed by atoms with Gasteiger partial charge in [0.1, 0.15) is 5.75 Å². The number of amides is 1. The van der Waals surface area contributed by atoms with Crippen molar-refractivity contribution in [2.24, 2.45) is 0 Å². The molecule has 0 aliphatic heterocycles. The highest BCUT2D eigenvalue weighted by molar-refractivity contribution is 7.89. The van der Waals surface area contributed by atoms with Gasteiger partial charge in [0.25, 0.3) is 5.91 Å². The Morgan fingerprint density at radius 3 is 2.32 bits per heavy atom. The van der Waals surface area contributed by atoms with E-state index < -0.39 is 10.0 Å². The lowest BCUT2D eigenvalue weighted by atomic mass is 10.3. The second kappa shape index (κ2) is 11.1. The first-order valence-corrected chi connectivity index (χ1v) is 9.97. The van der Waals surface area contributed by atoms with E-state index in [0.29, 0.717) is 38.6 Å². The molecule has 0 radical (unpaired) electrons. The van der Waals surface area contributed by atoms with Crippen LogP contribution in [0.1, 0.15) is 27.2 Å². The minimum absolute atomic E-state index is 0.114. The van der Waals surface area contributed by atoms with Gasteiger partial charge in [-0.05, 0) is 37.6 Å². The van der Waals surface area contributed by atoms with Crippen LogP contribution in [0.2, 0.25) is 0 Å². The molecule has 0 fully saturated rings. The van der Waals surface area contributed by atoms with Gasteiger partial charge in [0.2, 0.25) is 10.0 Å². The van der Waals surface area contributed by atoms with Crippen LogP contribution in [0.3, 0.4) is 0 Å². The molecule has 1 aromatic carbocycles. The molecule has 0 unspecified atom stereocenters. The minimum Gasteiger partial charge on any atom is -0.484 e. The Kier molecular flexibility index (Phi) is 9.48. The molecule has 0 spiro atoms. The first-order valence-electron chi connectivity index (χ1n) is 8.53. The molecule has 1 amide bonds. The Labute approximate surface area is 150 Å². The number of ether oxygens (including phenoxy) is 2. The number of nitrogens with one attached hydrogen (secondary N) is 1. The number of carbonyl (C=O) groups excluding carboxylic acids is 1. The van der Waals surface area contributed by atoms with Gasteiger partial charge in [-0.1, -0.05) is 13.8 Å². The first kappa shape index (κ1) is 21.4. The predicted octanol–water partition coefficient (Wildman–Crippen LogP) is 1.64. The van der Waals surface area contributed by atoms with Crippen LogP contribution in [-0.2, 0) is 19.6 Å². The topological polar surface area (TPSA) is 84.9 Å². The van der Waals surface area contributed by atoms with Crippen molar-refractivity contribution in [3.8, 4) is 5.75 Å². The van der Waals surface area contributed by atoms with E-state index in [-0.39, 0.29) is 17.4 Å². The molecule has 7 nitrogen and oxygen atoms in total. The van der Waals surface area contributed by atoms with Crippen LogP contribution < -0.4 is 10.1 Å². The van der Waals surface area contributed by atoms with Crippen molar-refractivity contribution in [1.82, 2.24) is 9.62 Å². The number of carbonyl (C=O) groups is 1. The third-order valence-corrected chi connectivity index (χ3v) is 5.59. The number of hydrogen-bond acceptors (Lipinski definition) is 5. The molecule has 0 aromatic heterocycles. The van der Waals surface area contributed by atoms with Crippen LogP contribution in [0.5, 0.6) is 5.75 Å². The van der Waals surface area contributed by atoms with Gasteiger partial charge >= 0.3 is 0 Å². The highest BCUT2D eigenvalue weighted by atomic mass is 32.2. The van der Waals surface area contributed by atoms with E-state index >= 15 is 0 Å². The van der Waals surface area contributed by atoms with Crippen LogP contribution in [0.15, 0.2) is 29.2 Å². The van der Waals surface area contributed by atoms with E-state index in [4.69, 9.17) is 9.47 Å². The lowest BCUT2D eigenvalue weighted by Gasteiger charge is -2.18. The van der Waals surface area contributed by atoms with Crippen LogP contribution in [0.25, 0.3) is 0 Å². The van der Waals surface area contributed by atoms with Crippen molar-refractivity contribution in [2.75, 3.05) is 39.5 Å². The molecule has 25 heavy (non-hydrogen) atoms. The molecule has 8 heteroatoms. The van der Waals surface area contributed by atoms with Crippen LogP contribution in [0.4, 0.5) is 0 Å². The second-order valence-electron chi connectivity index (χ2n) is 5.25. The fourth-order valence-corrected chi connectivity index (χ4v) is 3.62. The van der Waals surface area contributed by atoms with E-state index in [2.05, 4.69) is 5.32 Å². The largest absolute Gasteiger partial charge is 0.484 e. The van der Waals surface area contributed by atoms with E-state index in [1.54, 1.807) is 26.0 Å². The third kappa shape index (κ3) is 7.01. The Morgan fingerprint density at radius 1 is 1.12 bits per heavy atom. The van der Waals surface area contributed by atoms with Gasteiger partial charge < -0.3 is 14.8 Å². The van der Waals surface area contributed by atoms with Gasteiger partial charge in [-0.15, -0.1) is 0 Å². The molecule has 1 N–H and O–H groups in total. The molecule has 0 bridgehead atoms. The first-order chi connectivity index (χ1) is 12.0. The number of nitrogens with zero attached hydrogens (tertiary/aromatic N) is 1. The summed E-state index contributed by atoms with van der Waals surface area (Å²) in [7, 11) is -3.48. The fourth-order valence-electron chi connectivity index (χ4n) is 2.17. The van der Waals surface area contributed by atoms with Crippen molar-refractivity contribution in [1.29, 1.82) is 0 Å². The Bertz CT molecular complexity index is 612. The molecule has 142 valence electrons. The van der Waals surface area contributed by atoms with E-state index in [1.165, 1.54) is 16.4 Å². The molecule has 1 rings (SSSR count). The Hall–Kier alpha value is -1.64. The predicted molar refractivity (Wildman–Crippen MR) is 96.2 cm³/mol. The smallest absolute Gasteiger partial charge is 0.257 e. The molecule has 0 heterocycles. The van der Waals surface area contributed by atoms with Gasteiger partial charge in [0, 0.05) is 32.8 Å². The van der Waals surface area contributed by atoms with Crippen molar-refractivity contribution >= 4 is 15.9 Å². The average Bonchev–Trinajstić information content (AvgIpc) is 2.61. The minimum atomic E-state index is -3.48. The molecule has 0 atom stereocenters. The van der Waals surface area contributed by atoms with Crippen LogP contribution in [0, 0.1) is 0 Å². The van der Waals surface area contributed by atoms with Gasteiger partial charge in [-0.25, -0.2) is 8.42 Å². The summed E-state index contributed by atoms with van der Waals surface area (Å²) < 4.78 is 36.7. The Balaban J connectivity index is 2.48. The van der Waals surface area contributed by atoms with Gasteiger partial charge in [0.15, 0.2) is 6.61 Å². The second-order valence-corrected chi connectivity index (χ2v) is 7.19. The summed E-state index contributed by atoms with van der Waals surface area (Å²) in [6, 6.07) is 6.09. The monoisotopic (exact) mass is 372 g/mol. The summed E-state index contributed by atoms with van der Waals surface area (Å²) >= 11 is 0. The maximum absolute atomic E-state index is 12.4. The number of rotatable bonds is 12. The van der Waals surface area contributed by atoms with Crippen molar-refractivity contribution < 1.29 is 22.7 Å². The molecule has 0 saturated carbocycles. The zero-order valence-corrected chi connectivity index (χ0v) is 16.0. The number of hydrogen-bond donors (Lipinski definition) is 1.